The third kappa shape index (κ3) is 3.34. The van der Waals surface area contributed by atoms with Gasteiger partial charge in [-0.05, 0) is 31.9 Å². The van der Waals surface area contributed by atoms with E-state index < -0.39 is 0 Å². The normalized spacial score (nSPS) is 14.4. The van der Waals surface area contributed by atoms with Gasteiger partial charge in [0.1, 0.15) is 0 Å². The van der Waals surface area contributed by atoms with Crippen LogP contribution in [0.5, 0.6) is 0 Å². The van der Waals surface area contributed by atoms with Crippen LogP contribution in [0.15, 0.2) is 24.3 Å². The van der Waals surface area contributed by atoms with Gasteiger partial charge in [-0.3, -0.25) is 4.79 Å². The van der Waals surface area contributed by atoms with E-state index in [4.69, 9.17) is 0 Å². The van der Waals surface area contributed by atoms with Gasteiger partial charge in [0.25, 0.3) is 0 Å². The Bertz CT molecular complexity index is 349. The topological polar surface area (TPSA) is 29.1 Å². The van der Waals surface area contributed by atoms with Gasteiger partial charge in [-0.25, -0.2) is 0 Å². The van der Waals surface area contributed by atoms with Crippen LogP contribution in [0.3, 0.4) is 0 Å². The van der Waals surface area contributed by atoms with E-state index in [0.717, 1.165) is 0 Å². The molecule has 0 bridgehead atoms. The molecule has 1 N–H and O–H groups in total. The molecule has 82 valence electrons. The first kappa shape index (κ1) is 12.2. The number of nitrogens with one attached hydrogen (secondary N) is 1. The maximum atomic E-state index is 11.5. The zero-order chi connectivity index (χ0) is 11.4. The molecular formula is C12H16BrNO. The Balaban J connectivity index is 2.73. The van der Waals surface area contributed by atoms with Gasteiger partial charge >= 0.3 is 0 Å². The van der Waals surface area contributed by atoms with Crippen molar-refractivity contribution in [2.45, 2.75) is 31.6 Å². The van der Waals surface area contributed by atoms with Gasteiger partial charge in [-0.2, -0.15) is 0 Å². The summed E-state index contributed by atoms with van der Waals surface area (Å²) in [6.07, 6.45) is 0. The highest BCUT2D eigenvalue weighted by Crippen LogP contribution is 2.17. The van der Waals surface area contributed by atoms with Crippen molar-refractivity contribution in [2.75, 3.05) is 0 Å². The fourth-order valence-corrected chi connectivity index (χ4v) is 1.61. The number of rotatable bonds is 3. The van der Waals surface area contributed by atoms with E-state index >= 15 is 0 Å². The molecule has 0 aliphatic heterocycles. The lowest BCUT2D eigenvalue weighted by Crippen LogP contribution is -2.32. The Morgan fingerprint density at radius 2 is 1.93 bits per heavy atom. The SMILES string of the molecule is Cc1ccccc1C(C)NC(=O)C(C)Br. The van der Waals surface area contributed by atoms with Crippen molar-refractivity contribution in [3.63, 3.8) is 0 Å². The van der Waals surface area contributed by atoms with Crippen LogP contribution >= 0.6 is 15.9 Å². The third-order valence-electron chi connectivity index (χ3n) is 2.38. The minimum atomic E-state index is -0.149. The minimum absolute atomic E-state index is 0.0192. The molecule has 0 heterocycles. The van der Waals surface area contributed by atoms with Crippen molar-refractivity contribution < 1.29 is 4.79 Å². The second kappa shape index (κ2) is 5.31. The molecular weight excluding hydrogens is 254 g/mol. The van der Waals surface area contributed by atoms with Gasteiger partial charge in [0.05, 0.1) is 10.9 Å². The van der Waals surface area contributed by atoms with Crippen LogP contribution < -0.4 is 5.32 Å². The van der Waals surface area contributed by atoms with Crippen molar-refractivity contribution in [1.82, 2.24) is 5.32 Å². The second-order valence-electron chi connectivity index (χ2n) is 3.70. The van der Waals surface area contributed by atoms with Crippen LogP contribution in [0.4, 0.5) is 0 Å². The molecule has 2 nitrogen and oxygen atoms in total. The van der Waals surface area contributed by atoms with Crippen molar-refractivity contribution >= 4 is 21.8 Å². The summed E-state index contributed by atoms with van der Waals surface area (Å²) in [6, 6.07) is 8.14. The number of hydrogen-bond donors (Lipinski definition) is 1. The zero-order valence-corrected chi connectivity index (χ0v) is 10.8. The number of aryl methyl sites for hydroxylation is 1. The highest BCUT2D eigenvalue weighted by atomic mass is 79.9. The quantitative estimate of drug-likeness (QED) is 0.840. The summed E-state index contributed by atoms with van der Waals surface area (Å²) in [6.45, 7) is 5.87. The highest BCUT2D eigenvalue weighted by molar-refractivity contribution is 9.10. The summed E-state index contributed by atoms with van der Waals surface area (Å²) in [4.78, 5) is 11.3. The fourth-order valence-electron chi connectivity index (χ4n) is 1.48. The first-order valence-electron chi connectivity index (χ1n) is 5.02. The smallest absolute Gasteiger partial charge is 0.233 e. The van der Waals surface area contributed by atoms with Gasteiger partial charge in [-0.15, -0.1) is 0 Å². The van der Waals surface area contributed by atoms with Crippen LogP contribution in [-0.4, -0.2) is 10.7 Å². The lowest BCUT2D eigenvalue weighted by Gasteiger charge is -2.17. The lowest BCUT2D eigenvalue weighted by molar-refractivity contribution is -0.120. The molecule has 0 spiro atoms. The van der Waals surface area contributed by atoms with Crippen LogP contribution in [0.2, 0.25) is 0 Å². The number of alkyl halides is 1. The largest absolute Gasteiger partial charge is 0.349 e. The second-order valence-corrected chi connectivity index (χ2v) is 5.08. The van der Waals surface area contributed by atoms with Gasteiger partial charge in [0.2, 0.25) is 5.91 Å². The summed E-state index contributed by atoms with van der Waals surface area (Å²) in [5.74, 6) is 0.0192. The molecule has 0 aliphatic carbocycles. The van der Waals surface area contributed by atoms with Crippen LogP contribution in [0, 0.1) is 6.92 Å². The maximum Gasteiger partial charge on any atom is 0.233 e. The first-order chi connectivity index (χ1) is 7.02. The molecule has 0 saturated carbocycles. The Labute approximate surface area is 99.2 Å². The molecule has 2 unspecified atom stereocenters. The van der Waals surface area contributed by atoms with E-state index in [2.05, 4.69) is 34.2 Å². The zero-order valence-electron chi connectivity index (χ0n) is 9.25. The standard InChI is InChI=1S/C12H16BrNO/c1-8-6-4-5-7-11(8)10(3)14-12(15)9(2)13/h4-7,9-10H,1-3H3,(H,14,15). The molecule has 1 amide bonds. The number of benzene rings is 1. The van der Waals surface area contributed by atoms with E-state index in [-0.39, 0.29) is 16.8 Å². The first-order valence-corrected chi connectivity index (χ1v) is 5.94. The Kier molecular flexibility index (Phi) is 4.33. The van der Waals surface area contributed by atoms with Crippen molar-refractivity contribution in [3.05, 3.63) is 35.4 Å². The summed E-state index contributed by atoms with van der Waals surface area (Å²) in [5.41, 5.74) is 2.37. The highest BCUT2D eigenvalue weighted by Gasteiger charge is 2.14. The lowest BCUT2D eigenvalue weighted by atomic mass is 10.0. The van der Waals surface area contributed by atoms with Crippen LogP contribution in [0.25, 0.3) is 0 Å². The number of amides is 1. The molecule has 3 heteroatoms. The van der Waals surface area contributed by atoms with Crippen molar-refractivity contribution in [1.29, 1.82) is 0 Å². The predicted molar refractivity (Wildman–Crippen MR) is 66.1 cm³/mol. The number of carbonyl (C=O) groups excluding carboxylic acids is 1. The van der Waals surface area contributed by atoms with E-state index in [0.29, 0.717) is 0 Å². The molecule has 0 radical (unpaired) electrons. The molecule has 0 fully saturated rings. The molecule has 0 aliphatic rings. The van der Waals surface area contributed by atoms with Gasteiger partial charge in [0, 0.05) is 0 Å². The molecule has 0 saturated heterocycles. The Morgan fingerprint density at radius 3 is 2.47 bits per heavy atom. The van der Waals surface area contributed by atoms with Gasteiger partial charge in [0.15, 0.2) is 0 Å². The van der Waals surface area contributed by atoms with Gasteiger partial charge < -0.3 is 5.32 Å². The predicted octanol–water partition coefficient (Wildman–Crippen LogP) is 2.96. The molecule has 2 atom stereocenters. The minimum Gasteiger partial charge on any atom is -0.349 e. The molecule has 1 rings (SSSR count). The summed E-state index contributed by atoms with van der Waals surface area (Å²) in [5, 5.41) is 2.95. The van der Waals surface area contributed by atoms with E-state index in [1.807, 2.05) is 32.0 Å². The summed E-state index contributed by atoms with van der Waals surface area (Å²) in [7, 11) is 0. The number of carbonyl (C=O) groups is 1. The van der Waals surface area contributed by atoms with E-state index in [1.54, 1.807) is 0 Å². The third-order valence-corrected chi connectivity index (χ3v) is 2.79. The van der Waals surface area contributed by atoms with E-state index in [9.17, 15) is 4.79 Å². The van der Waals surface area contributed by atoms with Gasteiger partial charge in [-0.1, -0.05) is 40.2 Å². The molecule has 0 aromatic heterocycles. The van der Waals surface area contributed by atoms with E-state index in [1.165, 1.54) is 11.1 Å². The molecule has 1 aromatic rings. The maximum absolute atomic E-state index is 11.5. The van der Waals surface area contributed by atoms with Crippen LogP contribution in [0.1, 0.15) is 31.0 Å². The molecule has 15 heavy (non-hydrogen) atoms. The summed E-state index contributed by atoms with van der Waals surface area (Å²) >= 11 is 3.25. The van der Waals surface area contributed by atoms with Crippen molar-refractivity contribution in [3.8, 4) is 0 Å². The molecule has 1 aromatic carbocycles. The fraction of sp³-hybridized carbons (Fsp3) is 0.417. The summed E-state index contributed by atoms with van der Waals surface area (Å²) < 4.78 is 0. The Morgan fingerprint density at radius 1 is 1.33 bits per heavy atom. The Hall–Kier alpha value is -0.830. The average Bonchev–Trinajstić information content (AvgIpc) is 2.18. The van der Waals surface area contributed by atoms with Crippen LogP contribution in [-0.2, 0) is 4.79 Å². The average molecular weight is 270 g/mol. The van der Waals surface area contributed by atoms with Crippen molar-refractivity contribution in [2.24, 2.45) is 0 Å². The number of hydrogen-bond acceptors (Lipinski definition) is 1. The number of halogens is 1. The monoisotopic (exact) mass is 269 g/mol.